The van der Waals surface area contributed by atoms with E-state index < -0.39 is 10.0 Å². The van der Waals surface area contributed by atoms with Crippen LogP contribution in [0.1, 0.15) is 29.9 Å². The fourth-order valence-electron chi connectivity index (χ4n) is 4.09. The zero-order valence-corrected chi connectivity index (χ0v) is 16.5. The molecule has 5 rings (SSSR count). The van der Waals surface area contributed by atoms with Gasteiger partial charge in [-0.1, -0.05) is 6.07 Å². The van der Waals surface area contributed by atoms with E-state index in [4.69, 9.17) is 0 Å². The van der Waals surface area contributed by atoms with E-state index in [1.807, 2.05) is 0 Å². The molecule has 0 N–H and O–H groups in total. The summed E-state index contributed by atoms with van der Waals surface area (Å²) in [5.41, 5.74) is 2.17. The Morgan fingerprint density at radius 1 is 1.14 bits per heavy atom. The molecule has 0 atom stereocenters. The molecule has 1 fully saturated rings. The van der Waals surface area contributed by atoms with Crippen LogP contribution < -0.4 is 0 Å². The fourth-order valence-corrected chi connectivity index (χ4v) is 5.67. The Balaban J connectivity index is 1.41. The van der Waals surface area contributed by atoms with Crippen molar-refractivity contribution in [1.29, 1.82) is 0 Å². The van der Waals surface area contributed by atoms with Crippen LogP contribution in [0, 0.1) is 12.7 Å². The topological polar surface area (TPSA) is 84.9 Å². The lowest BCUT2D eigenvalue weighted by atomic mass is 9.88. The average molecular weight is 414 g/mol. The number of sulfonamides is 1. The normalized spacial score (nSPS) is 16.8. The molecule has 4 aromatic heterocycles. The third kappa shape index (κ3) is 2.82. The van der Waals surface area contributed by atoms with Gasteiger partial charge in [-0.15, -0.1) is 0 Å². The number of fused-ring (bicyclic) bond motifs is 2. The first-order valence-electron chi connectivity index (χ1n) is 9.37. The monoisotopic (exact) mass is 414 g/mol. The van der Waals surface area contributed by atoms with Crippen molar-refractivity contribution >= 4 is 21.2 Å². The smallest absolute Gasteiger partial charge is 0.240 e. The van der Waals surface area contributed by atoms with Crippen molar-refractivity contribution in [2.45, 2.75) is 30.6 Å². The van der Waals surface area contributed by atoms with Crippen LogP contribution in [0.4, 0.5) is 4.39 Å². The maximum Gasteiger partial charge on any atom is 0.246 e. The SMILES string of the molecule is Cc1c(C2CCN(S(=O)(=O)c3cnn4ccccc34)CC2)cn2ncnc2c1F. The van der Waals surface area contributed by atoms with Crippen molar-refractivity contribution in [3.05, 3.63) is 60.1 Å². The average Bonchev–Trinajstić information content (AvgIpc) is 3.38. The van der Waals surface area contributed by atoms with Gasteiger partial charge in [0.2, 0.25) is 10.0 Å². The van der Waals surface area contributed by atoms with Gasteiger partial charge in [0.15, 0.2) is 11.5 Å². The Hall–Kier alpha value is -2.85. The molecular formula is C19H19FN6O2S. The van der Waals surface area contributed by atoms with Gasteiger partial charge in [0.25, 0.3) is 0 Å². The second-order valence-corrected chi connectivity index (χ2v) is 9.18. The molecule has 1 aliphatic rings. The second-order valence-electron chi connectivity index (χ2n) is 7.27. The summed E-state index contributed by atoms with van der Waals surface area (Å²) in [6, 6.07) is 5.33. The van der Waals surface area contributed by atoms with Crippen LogP contribution in [0.15, 0.2) is 48.0 Å². The first-order valence-corrected chi connectivity index (χ1v) is 10.8. The zero-order valence-electron chi connectivity index (χ0n) is 15.7. The van der Waals surface area contributed by atoms with Crippen molar-refractivity contribution in [1.82, 2.24) is 28.5 Å². The predicted octanol–water partition coefficient (Wildman–Crippen LogP) is 2.39. The molecular weight excluding hydrogens is 395 g/mol. The van der Waals surface area contributed by atoms with E-state index in [0.29, 0.717) is 37.0 Å². The van der Waals surface area contributed by atoms with Gasteiger partial charge in [0.1, 0.15) is 11.2 Å². The van der Waals surface area contributed by atoms with Crippen LogP contribution in [0.3, 0.4) is 0 Å². The highest BCUT2D eigenvalue weighted by atomic mass is 32.2. The molecule has 0 bridgehead atoms. The minimum absolute atomic E-state index is 0.0634. The van der Waals surface area contributed by atoms with Gasteiger partial charge < -0.3 is 0 Å². The number of nitrogens with zero attached hydrogens (tertiary/aromatic N) is 6. The quantitative estimate of drug-likeness (QED) is 0.514. The van der Waals surface area contributed by atoms with Gasteiger partial charge in [-0.25, -0.2) is 26.8 Å². The maximum atomic E-state index is 14.6. The number of piperidine rings is 1. The predicted molar refractivity (Wildman–Crippen MR) is 104 cm³/mol. The number of rotatable bonds is 3. The molecule has 0 radical (unpaired) electrons. The fraction of sp³-hybridized carbons (Fsp3) is 0.316. The molecule has 4 aromatic rings. The summed E-state index contributed by atoms with van der Waals surface area (Å²) in [5, 5.41) is 8.18. The number of pyridine rings is 2. The van der Waals surface area contributed by atoms with Gasteiger partial charge in [0.05, 0.1) is 11.7 Å². The van der Waals surface area contributed by atoms with Crippen molar-refractivity contribution in [3.63, 3.8) is 0 Å². The Bertz CT molecular complexity index is 1320. The number of hydrogen-bond acceptors (Lipinski definition) is 5. The van der Waals surface area contributed by atoms with E-state index in [9.17, 15) is 12.8 Å². The molecule has 5 heterocycles. The van der Waals surface area contributed by atoms with E-state index in [-0.39, 0.29) is 22.3 Å². The summed E-state index contributed by atoms with van der Waals surface area (Å²) in [6.45, 7) is 2.47. The molecule has 29 heavy (non-hydrogen) atoms. The Morgan fingerprint density at radius 3 is 2.72 bits per heavy atom. The first kappa shape index (κ1) is 18.2. The highest BCUT2D eigenvalue weighted by Crippen LogP contribution is 2.34. The van der Waals surface area contributed by atoms with Crippen molar-refractivity contribution < 1.29 is 12.8 Å². The third-order valence-corrected chi connectivity index (χ3v) is 7.61. The number of halogens is 1. The minimum atomic E-state index is -3.65. The van der Waals surface area contributed by atoms with Crippen LogP contribution in [-0.4, -0.2) is 50.0 Å². The molecule has 150 valence electrons. The highest BCUT2D eigenvalue weighted by Gasteiger charge is 2.33. The molecule has 0 unspecified atom stereocenters. The molecule has 0 spiro atoms. The van der Waals surface area contributed by atoms with E-state index in [1.165, 1.54) is 21.3 Å². The van der Waals surface area contributed by atoms with Gasteiger partial charge in [-0.2, -0.15) is 14.5 Å². The largest absolute Gasteiger partial charge is 0.246 e. The third-order valence-electron chi connectivity index (χ3n) is 5.70. The first-order chi connectivity index (χ1) is 14.0. The molecule has 1 aliphatic heterocycles. The van der Waals surface area contributed by atoms with Crippen molar-refractivity contribution in [2.75, 3.05) is 13.1 Å². The molecule has 0 aromatic carbocycles. The summed E-state index contributed by atoms with van der Waals surface area (Å²) in [4.78, 5) is 4.16. The standard InChI is InChI=1S/C19H19FN6O2S/c1-13-15(11-26-19(18(13)20)21-12-23-26)14-5-8-24(9-6-14)29(27,28)17-10-22-25-7-3-2-4-16(17)25/h2-4,7,10-12,14H,5-6,8-9H2,1H3. The van der Waals surface area contributed by atoms with E-state index in [2.05, 4.69) is 15.2 Å². The lowest BCUT2D eigenvalue weighted by Crippen LogP contribution is -2.38. The Labute approximate surface area is 166 Å². The van der Waals surface area contributed by atoms with Crippen LogP contribution in [0.25, 0.3) is 11.2 Å². The Kier molecular flexibility index (Phi) is 4.14. The zero-order chi connectivity index (χ0) is 20.2. The van der Waals surface area contributed by atoms with Gasteiger partial charge >= 0.3 is 0 Å². The maximum absolute atomic E-state index is 14.6. The summed E-state index contributed by atoms with van der Waals surface area (Å²) < 4.78 is 45.4. The lowest BCUT2D eigenvalue weighted by Gasteiger charge is -2.31. The summed E-state index contributed by atoms with van der Waals surface area (Å²) in [7, 11) is -3.65. The van der Waals surface area contributed by atoms with Crippen LogP contribution in [0.5, 0.6) is 0 Å². The van der Waals surface area contributed by atoms with Gasteiger partial charge in [-0.05, 0) is 48.9 Å². The van der Waals surface area contributed by atoms with Crippen LogP contribution in [0.2, 0.25) is 0 Å². The highest BCUT2D eigenvalue weighted by molar-refractivity contribution is 7.89. The van der Waals surface area contributed by atoms with E-state index in [0.717, 1.165) is 5.56 Å². The molecule has 0 amide bonds. The van der Waals surface area contributed by atoms with Crippen molar-refractivity contribution in [3.8, 4) is 0 Å². The molecule has 0 saturated carbocycles. The van der Waals surface area contributed by atoms with E-state index in [1.54, 1.807) is 42.0 Å². The summed E-state index contributed by atoms with van der Waals surface area (Å²) in [6.07, 6.45) is 7.47. The molecule has 8 nitrogen and oxygen atoms in total. The summed E-state index contributed by atoms with van der Waals surface area (Å²) >= 11 is 0. The lowest BCUT2D eigenvalue weighted by molar-refractivity contribution is 0.318. The number of aromatic nitrogens is 5. The van der Waals surface area contributed by atoms with Gasteiger partial charge in [-0.3, -0.25) is 0 Å². The molecule has 10 heteroatoms. The number of hydrogen-bond donors (Lipinski definition) is 0. The second kappa shape index (κ2) is 6.60. The molecule has 1 saturated heterocycles. The Morgan fingerprint density at radius 2 is 1.93 bits per heavy atom. The van der Waals surface area contributed by atoms with Crippen molar-refractivity contribution in [2.24, 2.45) is 0 Å². The minimum Gasteiger partial charge on any atom is -0.240 e. The molecule has 0 aliphatic carbocycles. The van der Waals surface area contributed by atoms with Crippen LogP contribution >= 0.6 is 0 Å². The van der Waals surface area contributed by atoms with Crippen LogP contribution in [-0.2, 0) is 10.0 Å². The van der Waals surface area contributed by atoms with Gasteiger partial charge in [0, 0.05) is 25.5 Å². The summed E-state index contributed by atoms with van der Waals surface area (Å²) in [5.74, 6) is -0.310. The van der Waals surface area contributed by atoms with E-state index >= 15 is 0 Å².